The van der Waals surface area contributed by atoms with Crippen molar-refractivity contribution in [1.29, 1.82) is 0 Å². The first-order chi connectivity index (χ1) is 7.04. The van der Waals surface area contributed by atoms with Gasteiger partial charge >= 0.3 is 5.69 Å². The second kappa shape index (κ2) is 5.42. The summed E-state index contributed by atoms with van der Waals surface area (Å²) in [5, 5.41) is 17.7. The Balaban J connectivity index is 2.82. The fourth-order valence-electron chi connectivity index (χ4n) is 1.03. The zero-order valence-corrected chi connectivity index (χ0v) is 9.97. The van der Waals surface area contributed by atoms with Crippen molar-refractivity contribution < 1.29 is 10.2 Å². The van der Waals surface area contributed by atoms with Gasteiger partial charge < -0.3 is 10.2 Å². The van der Waals surface area contributed by atoms with Crippen LogP contribution in [0.2, 0.25) is 0 Å². The SMILES string of the molecule is O=c1[nH]c(=O)n(CCC(O)CO)cc1I. The maximum absolute atomic E-state index is 11.3. The van der Waals surface area contributed by atoms with Crippen LogP contribution in [0, 0.1) is 3.57 Å². The minimum atomic E-state index is -0.846. The molecule has 1 aromatic rings. The molecular formula is C8H11IN2O4. The maximum atomic E-state index is 11.3. The summed E-state index contributed by atoms with van der Waals surface area (Å²) in [6, 6.07) is 0. The molecule has 0 saturated carbocycles. The summed E-state index contributed by atoms with van der Waals surface area (Å²) < 4.78 is 1.70. The highest BCUT2D eigenvalue weighted by atomic mass is 127. The number of nitrogens with one attached hydrogen (secondary N) is 1. The quantitative estimate of drug-likeness (QED) is 0.611. The van der Waals surface area contributed by atoms with Crippen molar-refractivity contribution in [2.45, 2.75) is 19.1 Å². The molecule has 15 heavy (non-hydrogen) atoms. The second-order valence-electron chi connectivity index (χ2n) is 3.05. The van der Waals surface area contributed by atoms with E-state index in [9.17, 15) is 9.59 Å². The summed E-state index contributed by atoms with van der Waals surface area (Å²) in [6.07, 6.45) is 0.839. The van der Waals surface area contributed by atoms with Gasteiger partial charge in [-0.3, -0.25) is 14.3 Å². The molecule has 1 rings (SSSR count). The Kier molecular flexibility index (Phi) is 4.48. The minimum absolute atomic E-state index is 0.257. The maximum Gasteiger partial charge on any atom is 0.328 e. The summed E-state index contributed by atoms with van der Waals surface area (Å²) in [5.41, 5.74) is -0.926. The molecule has 1 atom stereocenters. The van der Waals surface area contributed by atoms with E-state index < -0.39 is 17.4 Å². The Morgan fingerprint density at radius 3 is 2.80 bits per heavy atom. The number of hydrogen-bond acceptors (Lipinski definition) is 4. The van der Waals surface area contributed by atoms with Gasteiger partial charge in [0.1, 0.15) is 0 Å². The molecular weight excluding hydrogens is 315 g/mol. The van der Waals surface area contributed by atoms with E-state index in [0.717, 1.165) is 0 Å². The minimum Gasteiger partial charge on any atom is -0.394 e. The number of hydrogen-bond donors (Lipinski definition) is 3. The molecule has 7 heteroatoms. The van der Waals surface area contributed by atoms with E-state index in [-0.39, 0.29) is 19.6 Å². The van der Waals surface area contributed by atoms with Gasteiger partial charge in [0.25, 0.3) is 5.56 Å². The zero-order chi connectivity index (χ0) is 11.4. The van der Waals surface area contributed by atoms with Gasteiger partial charge in [-0.25, -0.2) is 4.79 Å². The molecule has 1 aromatic heterocycles. The van der Waals surface area contributed by atoms with Crippen molar-refractivity contribution in [3.63, 3.8) is 0 Å². The summed E-state index contributed by atoms with van der Waals surface area (Å²) >= 11 is 1.82. The van der Waals surface area contributed by atoms with Crippen LogP contribution in [0.25, 0.3) is 0 Å². The highest BCUT2D eigenvalue weighted by molar-refractivity contribution is 14.1. The molecule has 0 aliphatic carbocycles. The van der Waals surface area contributed by atoms with Gasteiger partial charge in [-0.05, 0) is 29.0 Å². The molecule has 84 valence electrons. The van der Waals surface area contributed by atoms with E-state index in [2.05, 4.69) is 4.98 Å². The van der Waals surface area contributed by atoms with Gasteiger partial charge in [-0.1, -0.05) is 0 Å². The lowest BCUT2D eigenvalue weighted by atomic mass is 10.3. The highest BCUT2D eigenvalue weighted by Crippen LogP contribution is 1.96. The summed E-state index contributed by atoms with van der Waals surface area (Å²) in [6.45, 7) is -0.0808. The van der Waals surface area contributed by atoms with Gasteiger partial charge in [0, 0.05) is 12.7 Å². The number of halogens is 1. The smallest absolute Gasteiger partial charge is 0.328 e. The zero-order valence-electron chi connectivity index (χ0n) is 7.81. The molecule has 0 radical (unpaired) electrons. The Morgan fingerprint density at radius 2 is 2.20 bits per heavy atom. The van der Waals surface area contributed by atoms with Crippen LogP contribution in [0.3, 0.4) is 0 Å². The highest BCUT2D eigenvalue weighted by Gasteiger charge is 2.05. The Bertz CT molecular complexity index is 439. The lowest BCUT2D eigenvalue weighted by Crippen LogP contribution is -2.32. The molecule has 0 fully saturated rings. The third-order valence-corrected chi connectivity index (χ3v) is 2.65. The Labute approximate surface area is 98.7 Å². The van der Waals surface area contributed by atoms with E-state index in [0.29, 0.717) is 3.57 Å². The third-order valence-electron chi connectivity index (χ3n) is 1.88. The fraction of sp³-hybridized carbons (Fsp3) is 0.500. The van der Waals surface area contributed by atoms with Crippen LogP contribution in [0.1, 0.15) is 6.42 Å². The summed E-state index contributed by atoms with van der Waals surface area (Å²) in [7, 11) is 0. The number of aliphatic hydroxyl groups excluding tert-OH is 2. The van der Waals surface area contributed by atoms with Gasteiger partial charge in [0.15, 0.2) is 0 Å². The molecule has 1 heterocycles. The number of rotatable bonds is 4. The average Bonchev–Trinajstić information content (AvgIpc) is 2.21. The first kappa shape index (κ1) is 12.4. The molecule has 3 N–H and O–H groups in total. The molecule has 0 amide bonds. The molecule has 0 spiro atoms. The summed E-state index contributed by atoms with van der Waals surface area (Å²) in [5.74, 6) is 0. The van der Waals surface area contributed by atoms with Crippen molar-refractivity contribution in [3.8, 4) is 0 Å². The summed E-state index contributed by atoms with van der Waals surface area (Å²) in [4.78, 5) is 24.4. The van der Waals surface area contributed by atoms with Crippen LogP contribution in [0.15, 0.2) is 15.8 Å². The fourth-order valence-corrected chi connectivity index (χ4v) is 1.50. The van der Waals surface area contributed by atoms with Crippen LogP contribution < -0.4 is 11.2 Å². The van der Waals surface area contributed by atoms with Crippen molar-refractivity contribution in [2.24, 2.45) is 0 Å². The first-order valence-corrected chi connectivity index (χ1v) is 5.40. The predicted octanol–water partition coefficient (Wildman–Crippen LogP) is -1.12. The first-order valence-electron chi connectivity index (χ1n) is 4.32. The van der Waals surface area contributed by atoms with Crippen molar-refractivity contribution in [2.75, 3.05) is 6.61 Å². The predicted molar refractivity (Wildman–Crippen MR) is 61.7 cm³/mol. The van der Waals surface area contributed by atoms with E-state index in [1.54, 1.807) is 0 Å². The van der Waals surface area contributed by atoms with Crippen LogP contribution >= 0.6 is 22.6 Å². The van der Waals surface area contributed by atoms with Crippen LogP contribution in [0.5, 0.6) is 0 Å². The average molecular weight is 326 g/mol. The Hall–Kier alpha value is -0.670. The van der Waals surface area contributed by atoms with Crippen molar-refractivity contribution in [1.82, 2.24) is 9.55 Å². The standard InChI is InChI=1S/C8H11IN2O4/c9-6-3-11(2-1-5(13)4-12)8(15)10-7(6)14/h3,5,12-13H,1-2,4H2,(H,10,14,15). The normalized spacial score (nSPS) is 12.7. The van der Waals surface area contributed by atoms with Crippen LogP contribution in [-0.4, -0.2) is 32.5 Å². The van der Waals surface area contributed by atoms with Crippen molar-refractivity contribution >= 4 is 22.6 Å². The molecule has 0 bridgehead atoms. The molecule has 0 aliphatic heterocycles. The molecule has 0 aliphatic rings. The van der Waals surface area contributed by atoms with E-state index in [1.807, 2.05) is 22.6 Å². The van der Waals surface area contributed by atoms with E-state index >= 15 is 0 Å². The number of H-pyrrole nitrogens is 1. The monoisotopic (exact) mass is 326 g/mol. The third kappa shape index (κ3) is 3.43. The van der Waals surface area contributed by atoms with Crippen molar-refractivity contribution in [3.05, 3.63) is 30.6 Å². The van der Waals surface area contributed by atoms with E-state index in [1.165, 1.54) is 10.8 Å². The van der Waals surface area contributed by atoms with Crippen LogP contribution in [-0.2, 0) is 6.54 Å². The Morgan fingerprint density at radius 1 is 1.53 bits per heavy atom. The number of aromatic nitrogens is 2. The molecule has 1 unspecified atom stereocenters. The number of aromatic amines is 1. The van der Waals surface area contributed by atoms with Gasteiger partial charge in [-0.2, -0.15) is 0 Å². The molecule has 6 nitrogen and oxygen atoms in total. The number of aliphatic hydroxyl groups is 2. The van der Waals surface area contributed by atoms with Gasteiger partial charge in [-0.15, -0.1) is 0 Å². The second-order valence-corrected chi connectivity index (χ2v) is 4.22. The lowest BCUT2D eigenvalue weighted by molar-refractivity contribution is 0.0843. The van der Waals surface area contributed by atoms with Gasteiger partial charge in [0.2, 0.25) is 0 Å². The van der Waals surface area contributed by atoms with Gasteiger partial charge in [0.05, 0.1) is 16.3 Å². The van der Waals surface area contributed by atoms with E-state index in [4.69, 9.17) is 10.2 Å². The largest absolute Gasteiger partial charge is 0.394 e. The lowest BCUT2D eigenvalue weighted by Gasteiger charge is -2.08. The molecule has 0 saturated heterocycles. The number of aryl methyl sites for hydroxylation is 1. The topological polar surface area (TPSA) is 95.3 Å². The molecule has 0 aromatic carbocycles. The van der Waals surface area contributed by atoms with Crippen LogP contribution in [0.4, 0.5) is 0 Å². The number of nitrogens with zero attached hydrogens (tertiary/aromatic N) is 1.